The normalized spacial score (nSPS) is 11.2. The number of ether oxygens (including phenoxy) is 5. The summed E-state index contributed by atoms with van der Waals surface area (Å²) in [4.78, 5) is 13.0. The van der Waals surface area contributed by atoms with Crippen molar-refractivity contribution in [3.63, 3.8) is 0 Å². The van der Waals surface area contributed by atoms with Crippen molar-refractivity contribution in [3.05, 3.63) is 101 Å². The number of nitrogens with zero attached hydrogens (tertiary/aromatic N) is 2. The molecule has 1 N–H and O–H groups in total. The third-order valence-corrected chi connectivity index (χ3v) is 8.67. The van der Waals surface area contributed by atoms with Crippen LogP contribution in [0.5, 0.6) is 28.7 Å². The molecule has 0 aliphatic rings. The molecule has 4 aromatic rings. The van der Waals surface area contributed by atoms with Gasteiger partial charge in [-0.3, -0.25) is 9.10 Å². The first-order valence-corrected chi connectivity index (χ1v) is 16.4. The molecule has 0 aliphatic carbocycles. The molecule has 0 atom stereocenters. The highest BCUT2D eigenvalue weighted by Gasteiger charge is 2.28. The fraction of sp³-hybridized carbons (Fsp3) is 0.235. The minimum Gasteiger partial charge on any atom is -0.494 e. The average molecular weight is 682 g/mol. The van der Waals surface area contributed by atoms with Gasteiger partial charge in [0.15, 0.2) is 23.0 Å². The van der Waals surface area contributed by atoms with Crippen molar-refractivity contribution >= 4 is 39.4 Å². The summed E-state index contributed by atoms with van der Waals surface area (Å²) in [6.07, 6.45) is 1.42. The van der Waals surface area contributed by atoms with Crippen LogP contribution in [0.3, 0.4) is 0 Å². The van der Waals surface area contributed by atoms with Crippen molar-refractivity contribution in [2.24, 2.45) is 5.10 Å². The van der Waals surface area contributed by atoms with E-state index in [0.717, 1.165) is 9.87 Å². The molecular formula is C34H36ClN3O8S. The lowest BCUT2D eigenvalue weighted by molar-refractivity contribution is -0.119. The lowest BCUT2D eigenvalue weighted by atomic mass is 10.2. The van der Waals surface area contributed by atoms with Crippen LogP contribution in [0.15, 0.2) is 94.9 Å². The van der Waals surface area contributed by atoms with Gasteiger partial charge in [-0.05, 0) is 91.7 Å². The molecule has 0 spiro atoms. The van der Waals surface area contributed by atoms with E-state index in [1.807, 2.05) is 26.0 Å². The van der Waals surface area contributed by atoms with Gasteiger partial charge in [0.05, 0.1) is 44.2 Å². The number of hydrazone groups is 1. The minimum atomic E-state index is -4.25. The second kappa shape index (κ2) is 16.6. The number of rotatable bonds is 16. The van der Waals surface area contributed by atoms with E-state index in [2.05, 4.69) is 10.5 Å². The Balaban J connectivity index is 1.51. The van der Waals surface area contributed by atoms with Gasteiger partial charge in [0.25, 0.3) is 15.9 Å². The third-order valence-electron chi connectivity index (χ3n) is 6.64. The number of nitrogens with one attached hydrogen (secondary N) is 1. The molecule has 0 radical (unpaired) electrons. The van der Waals surface area contributed by atoms with Gasteiger partial charge in [0.1, 0.15) is 18.9 Å². The quantitative estimate of drug-likeness (QED) is 0.111. The smallest absolute Gasteiger partial charge is 0.264 e. The summed E-state index contributed by atoms with van der Waals surface area (Å²) in [6, 6.07) is 23.1. The molecule has 0 fully saturated rings. The van der Waals surface area contributed by atoms with Crippen LogP contribution in [-0.4, -0.2) is 54.5 Å². The van der Waals surface area contributed by atoms with E-state index in [-0.39, 0.29) is 16.3 Å². The number of benzene rings is 4. The summed E-state index contributed by atoms with van der Waals surface area (Å²) in [5.41, 5.74) is 4.23. The Morgan fingerprint density at radius 2 is 1.49 bits per heavy atom. The fourth-order valence-electron chi connectivity index (χ4n) is 4.37. The maximum Gasteiger partial charge on any atom is 0.264 e. The molecule has 0 saturated heterocycles. The molecule has 0 saturated carbocycles. The Morgan fingerprint density at radius 3 is 2.15 bits per heavy atom. The fourth-order valence-corrected chi connectivity index (χ4v) is 5.94. The minimum absolute atomic E-state index is 0.0952. The molecule has 13 heteroatoms. The van der Waals surface area contributed by atoms with E-state index in [4.69, 9.17) is 35.3 Å². The number of carbonyl (C=O) groups is 1. The van der Waals surface area contributed by atoms with Crippen LogP contribution in [0.2, 0.25) is 5.02 Å². The molecular weight excluding hydrogens is 646 g/mol. The monoisotopic (exact) mass is 681 g/mol. The molecule has 0 aromatic heterocycles. The summed E-state index contributed by atoms with van der Waals surface area (Å²) in [7, 11) is -1.39. The number of methoxy groups -OCH3 is 2. The van der Waals surface area contributed by atoms with Gasteiger partial charge in [-0.25, -0.2) is 13.8 Å². The molecule has 11 nitrogen and oxygen atoms in total. The zero-order chi connectivity index (χ0) is 33.8. The van der Waals surface area contributed by atoms with Crippen LogP contribution in [0.4, 0.5) is 5.69 Å². The molecule has 4 aromatic carbocycles. The van der Waals surface area contributed by atoms with Crippen molar-refractivity contribution < 1.29 is 36.9 Å². The standard InChI is InChI=1S/C34H36ClN3O8S/c1-5-44-28-14-12-27(13-15-28)38(47(40,41)29-16-18-30(42-3)32(20-29)43-4)22-34(39)37-36-21-25-9-17-31(33(19-25)45-6-2)46-23-24-7-10-26(35)11-8-24/h7-21H,5-6,22-23H2,1-4H3,(H,37,39)/b36-21-. The lowest BCUT2D eigenvalue weighted by Gasteiger charge is -2.24. The van der Waals surface area contributed by atoms with Crippen LogP contribution in [-0.2, 0) is 21.4 Å². The first-order chi connectivity index (χ1) is 22.7. The number of carbonyl (C=O) groups excluding carboxylic acids is 1. The Labute approximate surface area is 279 Å². The predicted molar refractivity (Wildman–Crippen MR) is 181 cm³/mol. The number of halogens is 1. The van der Waals surface area contributed by atoms with Crippen molar-refractivity contribution in [1.82, 2.24) is 5.43 Å². The summed E-state index contributed by atoms with van der Waals surface area (Å²) < 4.78 is 56.5. The molecule has 0 bridgehead atoms. The van der Waals surface area contributed by atoms with E-state index >= 15 is 0 Å². The summed E-state index contributed by atoms with van der Waals surface area (Å²) in [5, 5.41) is 4.69. The largest absolute Gasteiger partial charge is 0.494 e. The summed E-state index contributed by atoms with van der Waals surface area (Å²) in [5.74, 6) is 1.50. The second-order valence-corrected chi connectivity index (χ2v) is 12.1. The number of amides is 1. The average Bonchev–Trinajstić information content (AvgIpc) is 3.08. The Hall–Kier alpha value is -4.94. The Bertz CT molecular complexity index is 1780. The van der Waals surface area contributed by atoms with Crippen LogP contribution >= 0.6 is 11.6 Å². The zero-order valence-corrected chi connectivity index (χ0v) is 28.0. The van der Waals surface area contributed by atoms with Gasteiger partial charge in [-0.2, -0.15) is 5.10 Å². The van der Waals surface area contributed by atoms with Gasteiger partial charge in [0.2, 0.25) is 0 Å². The Kier molecular flexibility index (Phi) is 12.3. The highest BCUT2D eigenvalue weighted by Crippen LogP contribution is 2.33. The van der Waals surface area contributed by atoms with Gasteiger partial charge < -0.3 is 23.7 Å². The van der Waals surface area contributed by atoms with E-state index < -0.39 is 22.5 Å². The topological polar surface area (TPSA) is 125 Å². The van der Waals surface area contributed by atoms with Crippen LogP contribution < -0.4 is 33.4 Å². The van der Waals surface area contributed by atoms with Crippen molar-refractivity contribution in [2.75, 3.05) is 38.3 Å². The number of hydrogen-bond donors (Lipinski definition) is 1. The van der Waals surface area contributed by atoms with Gasteiger partial charge >= 0.3 is 0 Å². The van der Waals surface area contributed by atoms with Gasteiger partial charge in [-0.1, -0.05) is 23.7 Å². The lowest BCUT2D eigenvalue weighted by Crippen LogP contribution is -2.39. The van der Waals surface area contributed by atoms with Gasteiger partial charge in [0, 0.05) is 11.1 Å². The van der Waals surface area contributed by atoms with Crippen molar-refractivity contribution in [1.29, 1.82) is 0 Å². The molecule has 0 aliphatic heterocycles. The van der Waals surface area contributed by atoms with E-state index in [9.17, 15) is 13.2 Å². The number of anilines is 1. The molecule has 248 valence electrons. The zero-order valence-electron chi connectivity index (χ0n) is 26.4. The Morgan fingerprint density at radius 1 is 0.809 bits per heavy atom. The summed E-state index contributed by atoms with van der Waals surface area (Å²) >= 11 is 5.97. The maximum atomic E-state index is 13.9. The maximum absolute atomic E-state index is 13.9. The molecule has 1 amide bonds. The second-order valence-electron chi connectivity index (χ2n) is 9.80. The molecule has 0 heterocycles. The van der Waals surface area contributed by atoms with E-state index in [0.29, 0.717) is 53.4 Å². The van der Waals surface area contributed by atoms with Crippen molar-refractivity contribution in [3.8, 4) is 28.7 Å². The molecule has 0 unspecified atom stereocenters. The van der Waals surface area contributed by atoms with E-state index in [1.54, 1.807) is 54.6 Å². The highest BCUT2D eigenvalue weighted by atomic mass is 35.5. The first kappa shape index (κ1) is 34.9. The van der Waals surface area contributed by atoms with Gasteiger partial charge in [-0.15, -0.1) is 0 Å². The van der Waals surface area contributed by atoms with E-state index in [1.165, 1.54) is 38.6 Å². The predicted octanol–water partition coefficient (Wildman–Crippen LogP) is 6.08. The summed E-state index contributed by atoms with van der Waals surface area (Å²) in [6.45, 7) is 4.30. The molecule has 47 heavy (non-hydrogen) atoms. The SMILES string of the molecule is CCOc1ccc(N(CC(=O)N/N=C\c2ccc(OCc3ccc(Cl)cc3)c(OCC)c2)S(=O)(=O)c2ccc(OC)c(OC)c2)cc1. The third kappa shape index (κ3) is 9.30. The number of hydrogen-bond acceptors (Lipinski definition) is 9. The first-order valence-electron chi connectivity index (χ1n) is 14.6. The van der Waals surface area contributed by atoms with Crippen LogP contribution in [0, 0.1) is 0 Å². The van der Waals surface area contributed by atoms with Crippen molar-refractivity contribution in [2.45, 2.75) is 25.3 Å². The highest BCUT2D eigenvalue weighted by molar-refractivity contribution is 7.92. The number of sulfonamides is 1. The molecule has 4 rings (SSSR count). The van der Waals surface area contributed by atoms with Crippen LogP contribution in [0.25, 0.3) is 0 Å². The van der Waals surface area contributed by atoms with Crippen LogP contribution in [0.1, 0.15) is 25.0 Å².